The Labute approximate surface area is 198 Å². The van der Waals surface area contributed by atoms with Crippen LogP contribution in [0.15, 0.2) is 47.4 Å². The van der Waals surface area contributed by atoms with Gasteiger partial charge in [-0.3, -0.25) is 9.59 Å². The van der Waals surface area contributed by atoms with Crippen molar-refractivity contribution in [2.45, 2.75) is 56.9 Å². The number of carbonyl (C=O) groups excluding carboxylic acids is 2. The average Bonchev–Trinajstić information content (AvgIpc) is 3.06. The number of fused-ring (bicyclic) bond motifs is 2. The van der Waals surface area contributed by atoms with E-state index in [1.807, 2.05) is 24.3 Å². The number of aromatic nitrogens is 2. The van der Waals surface area contributed by atoms with E-state index >= 15 is 0 Å². The highest BCUT2D eigenvalue weighted by Crippen LogP contribution is 2.36. The van der Waals surface area contributed by atoms with Gasteiger partial charge in [-0.1, -0.05) is 36.4 Å². The number of rotatable bonds is 4. The van der Waals surface area contributed by atoms with Crippen molar-refractivity contribution in [2.75, 3.05) is 5.32 Å². The maximum atomic E-state index is 13.5. The molecular formula is C25H26N4O4S. The molecule has 2 aliphatic rings. The number of benzene rings is 2. The summed E-state index contributed by atoms with van der Waals surface area (Å²) in [7, 11) is -3.84. The molecule has 0 radical (unpaired) electrons. The molecule has 8 nitrogen and oxygen atoms in total. The number of nitrogens with zero attached hydrogens (tertiary/aromatic N) is 2. The number of nitrogens with one attached hydrogen (secondary N) is 2. The lowest BCUT2D eigenvalue weighted by molar-refractivity contribution is -0.116. The second kappa shape index (κ2) is 8.48. The highest BCUT2D eigenvalue weighted by Gasteiger charge is 2.29. The number of anilines is 1. The number of aryl methyl sites for hydroxylation is 3. The third-order valence-corrected chi connectivity index (χ3v) is 8.17. The molecule has 0 fully saturated rings. The van der Waals surface area contributed by atoms with Crippen molar-refractivity contribution in [3.8, 4) is 11.1 Å². The molecule has 9 heteroatoms. The third-order valence-electron chi connectivity index (χ3n) is 6.55. The van der Waals surface area contributed by atoms with Gasteiger partial charge < -0.3 is 5.32 Å². The minimum Gasteiger partial charge on any atom is -0.310 e. The quantitative estimate of drug-likeness (QED) is 0.591. The molecule has 0 spiro atoms. The first-order chi connectivity index (χ1) is 16.2. The summed E-state index contributed by atoms with van der Waals surface area (Å²) in [6, 6.07) is 12.8. The van der Waals surface area contributed by atoms with Crippen LogP contribution in [0.25, 0.3) is 11.1 Å². The molecule has 1 amide bonds. The Morgan fingerprint density at radius 3 is 2.68 bits per heavy atom. The molecule has 3 aromatic rings. The van der Waals surface area contributed by atoms with E-state index in [-0.39, 0.29) is 41.4 Å². The van der Waals surface area contributed by atoms with Crippen LogP contribution in [0.1, 0.15) is 58.9 Å². The van der Waals surface area contributed by atoms with Gasteiger partial charge in [-0.05, 0) is 61.4 Å². The summed E-state index contributed by atoms with van der Waals surface area (Å²) in [5.74, 6) is -0.266. The first kappa shape index (κ1) is 22.5. The van der Waals surface area contributed by atoms with Gasteiger partial charge in [0.15, 0.2) is 0 Å². The molecule has 2 N–H and O–H groups in total. The van der Waals surface area contributed by atoms with Crippen LogP contribution in [0, 0.1) is 13.8 Å². The fraction of sp³-hybridized carbons (Fsp3) is 0.320. The lowest BCUT2D eigenvalue weighted by atomic mass is 9.88. The van der Waals surface area contributed by atoms with Gasteiger partial charge in [-0.15, -0.1) is 0 Å². The maximum Gasteiger partial charge on any atom is 0.249 e. The Hall–Kier alpha value is -3.30. The van der Waals surface area contributed by atoms with E-state index in [0.29, 0.717) is 22.4 Å². The first-order valence-electron chi connectivity index (χ1n) is 11.4. The molecule has 2 aromatic carbocycles. The van der Waals surface area contributed by atoms with E-state index in [4.69, 9.17) is 0 Å². The molecule has 1 atom stereocenters. The second-order valence-electron chi connectivity index (χ2n) is 8.91. The Balaban J connectivity index is 1.55. The van der Waals surface area contributed by atoms with Gasteiger partial charge in [0.2, 0.25) is 21.8 Å². The number of carbonyl (C=O) groups is 2. The minimum atomic E-state index is -3.84. The van der Waals surface area contributed by atoms with Crippen molar-refractivity contribution in [3.63, 3.8) is 0 Å². The number of sulfonamides is 1. The van der Waals surface area contributed by atoms with Crippen molar-refractivity contribution >= 4 is 27.7 Å². The summed E-state index contributed by atoms with van der Waals surface area (Å²) in [4.78, 5) is 24.8. The van der Waals surface area contributed by atoms with Gasteiger partial charge in [-0.2, -0.15) is 9.78 Å². The zero-order valence-electron chi connectivity index (χ0n) is 19.1. The van der Waals surface area contributed by atoms with E-state index in [1.54, 1.807) is 32.0 Å². The molecule has 176 valence electrons. The zero-order chi connectivity index (χ0) is 24.0. The predicted molar refractivity (Wildman–Crippen MR) is 128 cm³/mol. The van der Waals surface area contributed by atoms with Crippen molar-refractivity contribution in [3.05, 3.63) is 64.8 Å². The van der Waals surface area contributed by atoms with Gasteiger partial charge in [0, 0.05) is 24.4 Å². The summed E-state index contributed by atoms with van der Waals surface area (Å²) in [6.45, 7) is 3.49. The van der Waals surface area contributed by atoms with Crippen LogP contribution >= 0.6 is 0 Å². The van der Waals surface area contributed by atoms with E-state index in [1.165, 1.54) is 10.2 Å². The van der Waals surface area contributed by atoms with Crippen LogP contribution in [0.2, 0.25) is 0 Å². The normalized spacial score (nSPS) is 18.1. The molecule has 0 saturated heterocycles. The van der Waals surface area contributed by atoms with Gasteiger partial charge in [0.05, 0.1) is 10.6 Å². The Morgan fingerprint density at radius 1 is 1.06 bits per heavy atom. The molecule has 0 unspecified atom stereocenters. The highest BCUT2D eigenvalue weighted by atomic mass is 32.2. The smallest absolute Gasteiger partial charge is 0.249 e. The van der Waals surface area contributed by atoms with Crippen molar-refractivity contribution < 1.29 is 18.0 Å². The fourth-order valence-electron chi connectivity index (χ4n) is 4.86. The summed E-state index contributed by atoms with van der Waals surface area (Å²) in [6.07, 6.45) is 2.75. The summed E-state index contributed by atoms with van der Waals surface area (Å²) in [5, 5.41) is 7.09. The van der Waals surface area contributed by atoms with Crippen LogP contribution in [0.5, 0.6) is 0 Å². The van der Waals surface area contributed by atoms with E-state index < -0.39 is 10.0 Å². The van der Waals surface area contributed by atoms with Crippen LogP contribution in [-0.2, 0) is 21.2 Å². The van der Waals surface area contributed by atoms with Gasteiger partial charge >= 0.3 is 0 Å². The van der Waals surface area contributed by atoms with E-state index in [2.05, 4.69) is 15.1 Å². The van der Waals surface area contributed by atoms with Crippen molar-refractivity contribution in [1.29, 1.82) is 0 Å². The summed E-state index contributed by atoms with van der Waals surface area (Å²) < 4.78 is 31.2. The monoisotopic (exact) mass is 478 g/mol. The maximum absolute atomic E-state index is 13.5. The molecular weight excluding hydrogens is 452 g/mol. The molecule has 2 heterocycles. The number of amides is 1. The third kappa shape index (κ3) is 3.95. The second-order valence-corrected chi connectivity index (χ2v) is 10.6. The highest BCUT2D eigenvalue weighted by molar-refractivity contribution is 7.89. The lowest BCUT2D eigenvalue weighted by Gasteiger charge is -2.26. The Morgan fingerprint density at radius 2 is 1.85 bits per heavy atom. The largest absolute Gasteiger partial charge is 0.310 e. The predicted octanol–water partition coefficient (Wildman–Crippen LogP) is 3.90. The van der Waals surface area contributed by atoms with E-state index in [9.17, 15) is 18.0 Å². The zero-order valence-corrected chi connectivity index (χ0v) is 19.9. The van der Waals surface area contributed by atoms with Crippen LogP contribution < -0.4 is 10.0 Å². The molecule has 1 aromatic heterocycles. The average molecular weight is 479 g/mol. The molecule has 0 bridgehead atoms. The van der Waals surface area contributed by atoms with Gasteiger partial charge in [0.1, 0.15) is 5.82 Å². The summed E-state index contributed by atoms with van der Waals surface area (Å²) in [5.41, 5.74) is 4.45. The van der Waals surface area contributed by atoms with Crippen LogP contribution in [0.3, 0.4) is 0 Å². The SMILES string of the molecule is Cc1ccc(-c2c(C)nn3c2NC(=O)CCC3=O)cc1S(=O)(=O)N[C@H]1CCCc2ccccc21. The molecule has 34 heavy (non-hydrogen) atoms. The standard InChI is InChI=1S/C25H26N4O4S/c1-15-10-11-18(24-16(2)27-29-23(31)13-12-22(30)26-25(24)29)14-21(15)34(32,33)28-20-9-5-7-17-6-3-4-8-19(17)20/h3-4,6,8,10-11,14,20,28H,5,7,9,12-13H2,1-2H3,(H,26,30)/t20-/m0/s1. The van der Waals surface area contributed by atoms with E-state index in [0.717, 1.165) is 24.8 Å². The van der Waals surface area contributed by atoms with Crippen molar-refractivity contribution in [2.24, 2.45) is 0 Å². The number of hydrogen-bond acceptors (Lipinski definition) is 5. The van der Waals surface area contributed by atoms with Crippen molar-refractivity contribution in [1.82, 2.24) is 14.5 Å². The summed E-state index contributed by atoms with van der Waals surface area (Å²) >= 11 is 0. The molecule has 1 aliphatic heterocycles. The topological polar surface area (TPSA) is 110 Å². The van der Waals surface area contributed by atoms with Crippen LogP contribution in [-0.4, -0.2) is 30.0 Å². The fourth-order valence-corrected chi connectivity index (χ4v) is 6.38. The number of hydrogen-bond donors (Lipinski definition) is 2. The van der Waals surface area contributed by atoms with Crippen LogP contribution in [0.4, 0.5) is 5.82 Å². The molecule has 1 aliphatic carbocycles. The lowest BCUT2D eigenvalue weighted by Crippen LogP contribution is -2.31. The van der Waals surface area contributed by atoms with Gasteiger partial charge in [-0.25, -0.2) is 13.1 Å². The Bertz CT molecular complexity index is 1420. The Kier molecular flexibility index (Phi) is 5.61. The molecule has 5 rings (SSSR count). The minimum absolute atomic E-state index is 0.0691. The van der Waals surface area contributed by atoms with Gasteiger partial charge in [0.25, 0.3) is 0 Å². The first-order valence-corrected chi connectivity index (χ1v) is 12.9. The molecule has 0 saturated carbocycles.